The molecule has 1 aromatic rings. The predicted molar refractivity (Wildman–Crippen MR) is 94.6 cm³/mol. The summed E-state index contributed by atoms with van der Waals surface area (Å²) in [7, 11) is 0. The molecule has 2 fully saturated rings. The van der Waals surface area contributed by atoms with E-state index in [9.17, 15) is 9.59 Å². The molecule has 0 bridgehead atoms. The Bertz CT molecular complexity index is 581. The SMILES string of the molecule is O=C(/C=C/c1nccs1)N1CCCN(CC(=O)N2CCCC2)CC1. The number of hydrogen-bond acceptors (Lipinski definition) is 5. The number of nitrogens with zero attached hydrogens (tertiary/aromatic N) is 4. The predicted octanol–water partition coefficient (Wildman–Crippen LogP) is 1.31. The number of rotatable bonds is 4. The highest BCUT2D eigenvalue weighted by Crippen LogP contribution is 2.11. The highest BCUT2D eigenvalue weighted by Gasteiger charge is 2.23. The molecule has 2 amide bonds. The van der Waals surface area contributed by atoms with Gasteiger partial charge in [0.15, 0.2) is 0 Å². The van der Waals surface area contributed by atoms with Gasteiger partial charge in [-0.3, -0.25) is 14.5 Å². The Hall–Kier alpha value is -1.73. The first-order valence-electron chi connectivity index (χ1n) is 8.59. The zero-order valence-electron chi connectivity index (χ0n) is 13.9. The molecule has 7 heteroatoms. The number of hydrogen-bond donors (Lipinski definition) is 0. The van der Waals surface area contributed by atoms with Gasteiger partial charge in [0.2, 0.25) is 11.8 Å². The Morgan fingerprint density at radius 1 is 1.04 bits per heavy atom. The molecule has 3 heterocycles. The summed E-state index contributed by atoms with van der Waals surface area (Å²) >= 11 is 1.52. The van der Waals surface area contributed by atoms with Gasteiger partial charge < -0.3 is 9.80 Å². The van der Waals surface area contributed by atoms with Crippen LogP contribution >= 0.6 is 11.3 Å². The third-order valence-electron chi connectivity index (χ3n) is 4.54. The fraction of sp³-hybridized carbons (Fsp3) is 0.588. The van der Waals surface area contributed by atoms with Crippen molar-refractivity contribution >= 4 is 29.2 Å². The molecule has 3 rings (SSSR count). The lowest BCUT2D eigenvalue weighted by Gasteiger charge is -2.23. The molecule has 0 aliphatic carbocycles. The monoisotopic (exact) mass is 348 g/mol. The van der Waals surface area contributed by atoms with E-state index in [1.807, 2.05) is 15.2 Å². The molecule has 0 radical (unpaired) electrons. The molecule has 0 N–H and O–H groups in total. The Morgan fingerprint density at radius 2 is 1.83 bits per heavy atom. The van der Waals surface area contributed by atoms with Gasteiger partial charge in [-0.05, 0) is 25.3 Å². The van der Waals surface area contributed by atoms with Crippen molar-refractivity contribution in [2.24, 2.45) is 0 Å². The van der Waals surface area contributed by atoms with Crippen molar-refractivity contribution in [2.45, 2.75) is 19.3 Å². The fourth-order valence-electron chi connectivity index (χ4n) is 3.17. The molecule has 0 saturated carbocycles. The number of likely N-dealkylation sites (tertiary alicyclic amines) is 1. The van der Waals surface area contributed by atoms with Gasteiger partial charge in [-0.25, -0.2) is 4.98 Å². The van der Waals surface area contributed by atoms with Crippen molar-refractivity contribution in [1.82, 2.24) is 19.7 Å². The van der Waals surface area contributed by atoms with Crippen molar-refractivity contribution in [1.29, 1.82) is 0 Å². The van der Waals surface area contributed by atoms with Gasteiger partial charge in [0, 0.05) is 56.9 Å². The molecule has 2 saturated heterocycles. The average Bonchev–Trinajstić information content (AvgIpc) is 3.24. The molecule has 130 valence electrons. The van der Waals surface area contributed by atoms with Gasteiger partial charge in [-0.15, -0.1) is 11.3 Å². The van der Waals surface area contributed by atoms with Crippen LogP contribution in [0.15, 0.2) is 17.7 Å². The first-order chi connectivity index (χ1) is 11.7. The first kappa shape index (κ1) is 17.1. The summed E-state index contributed by atoms with van der Waals surface area (Å²) in [6, 6.07) is 0. The Labute approximate surface area is 146 Å². The number of aromatic nitrogens is 1. The van der Waals surface area contributed by atoms with Crippen LogP contribution in [-0.2, 0) is 9.59 Å². The summed E-state index contributed by atoms with van der Waals surface area (Å²) in [5.41, 5.74) is 0. The largest absolute Gasteiger partial charge is 0.342 e. The van der Waals surface area contributed by atoms with E-state index in [0.29, 0.717) is 13.1 Å². The van der Waals surface area contributed by atoms with E-state index in [0.717, 1.165) is 57.0 Å². The second-order valence-electron chi connectivity index (χ2n) is 6.25. The van der Waals surface area contributed by atoms with E-state index in [1.165, 1.54) is 11.3 Å². The topological polar surface area (TPSA) is 56.8 Å². The van der Waals surface area contributed by atoms with Crippen molar-refractivity contribution in [3.63, 3.8) is 0 Å². The molecule has 1 aromatic heterocycles. The number of thiazole rings is 1. The number of carbonyl (C=O) groups is 2. The zero-order chi connectivity index (χ0) is 16.8. The van der Waals surface area contributed by atoms with Crippen LogP contribution in [0, 0.1) is 0 Å². The Morgan fingerprint density at radius 3 is 2.58 bits per heavy atom. The van der Waals surface area contributed by atoms with Gasteiger partial charge in [0.25, 0.3) is 0 Å². The van der Waals surface area contributed by atoms with Crippen LogP contribution in [0.3, 0.4) is 0 Å². The minimum Gasteiger partial charge on any atom is -0.342 e. The van der Waals surface area contributed by atoms with Crippen molar-refractivity contribution in [3.05, 3.63) is 22.7 Å². The minimum absolute atomic E-state index is 0.0259. The normalized spacial score (nSPS) is 19.8. The summed E-state index contributed by atoms with van der Waals surface area (Å²) in [4.78, 5) is 34.7. The van der Waals surface area contributed by atoms with E-state index >= 15 is 0 Å². The van der Waals surface area contributed by atoms with Crippen LogP contribution < -0.4 is 0 Å². The standard InChI is InChI=1S/C17H24N4O2S/c22-16(5-4-15-18-6-13-24-15)21-10-3-7-19(11-12-21)14-17(23)20-8-1-2-9-20/h4-6,13H,1-3,7-12,14H2/b5-4+. The second kappa shape index (κ2) is 8.39. The number of amides is 2. The summed E-state index contributed by atoms with van der Waals surface area (Å²) < 4.78 is 0. The first-order valence-corrected chi connectivity index (χ1v) is 9.47. The van der Waals surface area contributed by atoms with E-state index in [4.69, 9.17) is 0 Å². The molecule has 0 atom stereocenters. The van der Waals surface area contributed by atoms with Gasteiger partial charge >= 0.3 is 0 Å². The molecule has 0 aromatic carbocycles. The highest BCUT2D eigenvalue weighted by molar-refractivity contribution is 7.10. The van der Waals surface area contributed by atoms with Crippen LogP contribution in [0.2, 0.25) is 0 Å². The van der Waals surface area contributed by atoms with E-state index < -0.39 is 0 Å². The lowest BCUT2D eigenvalue weighted by atomic mass is 10.3. The average molecular weight is 348 g/mol. The third kappa shape index (κ3) is 4.64. The maximum atomic E-state index is 12.3. The Balaban J connectivity index is 1.47. The summed E-state index contributed by atoms with van der Waals surface area (Å²) in [6.45, 7) is 5.34. The van der Waals surface area contributed by atoms with Crippen LogP contribution in [-0.4, -0.2) is 77.3 Å². The molecule has 24 heavy (non-hydrogen) atoms. The van der Waals surface area contributed by atoms with Crippen molar-refractivity contribution < 1.29 is 9.59 Å². The van der Waals surface area contributed by atoms with Gasteiger partial charge in [0.1, 0.15) is 5.01 Å². The summed E-state index contributed by atoms with van der Waals surface area (Å²) in [6.07, 6.45) is 8.26. The Kier molecular flexibility index (Phi) is 5.98. The molecule has 2 aliphatic heterocycles. The van der Waals surface area contributed by atoms with Crippen molar-refractivity contribution in [3.8, 4) is 0 Å². The van der Waals surface area contributed by atoms with Crippen molar-refractivity contribution in [2.75, 3.05) is 45.8 Å². The van der Waals surface area contributed by atoms with E-state index in [-0.39, 0.29) is 11.8 Å². The lowest BCUT2D eigenvalue weighted by Crippen LogP contribution is -2.41. The second-order valence-corrected chi connectivity index (χ2v) is 7.17. The van der Waals surface area contributed by atoms with E-state index in [2.05, 4.69) is 9.88 Å². The third-order valence-corrected chi connectivity index (χ3v) is 5.28. The summed E-state index contributed by atoms with van der Waals surface area (Å²) in [5.74, 6) is 0.258. The van der Waals surface area contributed by atoms with Crippen LogP contribution in [0.1, 0.15) is 24.3 Å². The molecule has 2 aliphatic rings. The summed E-state index contributed by atoms with van der Waals surface area (Å²) in [5, 5.41) is 2.74. The van der Waals surface area contributed by atoms with Crippen LogP contribution in [0.4, 0.5) is 0 Å². The van der Waals surface area contributed by atoms with Gasteiger partial charge in [-0.1, -0.05) is 0 Å². The van der Waals surface area contributed by atoms with Crippen LogP contribution in [0.5, 0.6) is 0 Å². The maximum Gasteiger partial charge on any atom is 0.246 e. The number of carbonyl (C=O) groups excluding carboxylic acids is 2. The lowest BCUT2D eigenvalue weighted by molar-refractivity contribution is -0.131. The minimum atomic E-state index is 0.0259. The maximum absolute atomic E-state index is 12.3. The van der Waals surface area contributed by atoms with Gasteiger partial charge in [0.05, 0.1) is 6.54 Å². The highest BCUT2D eigenvalue weighted by atomic mass is 32.1. The quantitative estimate of drug-likeness (QED) is 0.770. The van der Waals surface area contributed by atoms with Gasteiger partial charge in [-0.2, -0.15) is 0 Å². The molecular weight excluding hydrogens is 324 g/mol. The smallest absolute Gasteiger partial charge is 0.246 e. The zero-order valence-corrected chi connectivity index (χ0v) is 14.7. The molecular formula is C17H24N4O2S. The van der Waals surface area contributed by atoms with E-state index in [1.54, 1.807) is 18.3 Å². The fourth-order valence-corrected chi connectivity index (χ4v) is 3.70. The molecule has 6 nitrogen and oxygen atoms in total. The molecule has 0 spiro atoms. The van der Waals surface area contributed by atoms with Crippen LogP contribution in [0.25, 0.3) is 6.08 Å². The molecule has 0 unspecified atom stereocenters.